The van der Waals surface area contributed by atoms with E-state index in [0.717, 1.165) is 44.8 Å². The zero-order valence-corrected chi connectivity index (χ0v) is 39.0. The van der Waals surface area contributed by atoms with Gasteiger partial charge >= 0.3 is 0 Å². The molecule has 0 aliphatic heterocycles. The van der Waals surface area contributed by atoms with Crippen LogP contribution in [0.1, 0.15) is 22.3 Å². The Labute approximate surface area is 414 Å². The quantitative estimate of drug-likeness (QED) is 0.144. The number of fused-ring (bicyclic) bond motifs is 4. The van der Waals surface area contributed by atoms with Gasteiger partial charge in [-0.05, 0) is 125 Å². The molecule has 2 heteroatoms. The fourth-order valence-electron chi connectivity index (χ4n) is 11.0. The first-order valence-corrected chi connectivity index (χ1v) is 24.4. The van der Waals surface area contributed by atoms with Crippen molar-refractivity contribution >= 4 is 10.8 Å². The van der Waals surface area contributed by atoms with Crippen LogP contribution in [-0.4, -0.2) is 9.97 Å². The highest BCUT2D eigenvalue weighted by Gasteiger charge is 2.46. The van der Waals surface area contributed by atoms with E-state index in [2.05, 4.69) is 261 Å². The van der Waals surface area contributed by atoms with Crippen molar-refractivity contribution in [1.29, 1.82) is 0 Å². The molecule has 0 N–H and O–H groups in total. The monoisotopic (exact) mass is 902 g/mol. The lowest BCUT2D eigenvalue weighted by atomic mass is 9.67. The first kappa shape index (κ1) is 41.9. The molecule has 1 aliphatic carbocycles. The number of hydrogen-bond acceptors (Lipinski definition) is 2. The molecule has 1 aromatic heterocycles. The number of hydrogen-bond donors (Lipinski definition) is 0. The van der Waals surface area contributed by atoms with E-state index in [-0.39, 0.29) is 0 Å². The van der Waals surface area contributed by atoms with Crippen molar-refractivity contribution in [2.75, 3.05) is 0 Å². The maximum Gasteiger partial charge on any atom is 0.160 e. The average Bonchev–Trinajstić information content (AvgIpc) is 3.75. The molecule has 1 aliphatic rings. The van der Waals surface area contributed by atoms with E-state index in [1.165, 1.54) is 72.0 Å². The number of aromatic nitrogens is 2. The van der Waals surface area contributed by atoms with Gasteiger partial charge in [0.05, 0.1) is 16.8 Å². The molecule has 12 aromatic rings. The third-order valence-electron chi connectivity index (χ3n) is 14.4. The van der Waals surface area contributed by atoms with Crippen LogP contribution in [0.25, 0.3) is 100 Å². The number of nitrogens with zero attached hydrogens (tertiary/aromatic N) is 2. The molecule has 332 valence electrons. The van der Waals surface area contributed by atoms with Gasteiger partial charge in [0, 0.05) is 16.7 Å². The summed E-state index contributed by atoms with van der Waals surface area (Å²) in [7, 11) is 0. The topological polar surface area (TPSA) is 25.8 Å². The highest BCUT2D eigenvalue weighted by atomic mass is 14.9. The maximum absolute atomic E-state index is 5.23. The van der Waals surface area contributed by atoms with E-state index >= 15 is 0 Å². The van der Waals surface area contributed by atoms with Gasteiger partial charge in [-0.25, -0.2) is 9.97 Å². The Morgan fingerprint density at radius 1 is 0.225 bits per heavy atom. The van der Waals surface area contributed by atoms with Crippen LogP contribution in [0.5, 0.6) is 0 Å². The molecule has 0 unspecified atom stereocenters. The van der Waals surface area contributed by atoms with E-state index < -0.39 is 5.41 Å². The molecular formula is C69H46N2. The SMILES string of the molecule is c1ccc(-c2ccc(-c3cc(-c4cccc(-c5cccc(-c6cc7c(cc6-c6ccc8ccccc8c6)-c6ccccc6C7(c6ccccc6)c6ccccc6)c5)c4)nc(-c4ccccc4)n3)cc2)cc1. The average molecular weight is 903 g/mol. The van der Waals surface area contributed by atoms with E-state index in [1.54, 1.807) is 0 Å². The molecular weight excluding hydrogens is 857 g/mol. The number of rotatable bonds is 9. The summed E-state index contributed by atoms with van der Waals surface area (Å²) in [6.45, 7) is 0. The molecule has 0 spiro atoms. The van der Waals surface area contributed by atoms with Gasteiger partial charge in [-0.3, -0.25) is 0 Å². The van der Waals surface area contributed by atoms with Crippen molar-refractivity contribution in [2.45, 2.75) is 5.41 Å². The van der Waals surface area contributed by atoms with Crippen molar-refractivity contribution in [1.82, 2.24) is 9.97 Å². The van der Waals surface area contributed by atoms with Gasteiger partial charge < -0.3 is 0 Å². The fourth-order valence-corrected chi connectivity index (χ4v) is 11.0. The molecule has 11 aromatic carbocycles. The second-order valence-electron chi connectivity index (χ2n) is 18.5. The first-order chi connectivity index (χ1) is 35.2. The van der Waals surface area contributed by atoms with Gasteiger partial charge in [0.1, 0.15) is 0 Å². The summed E-state index contributed by atoms with van der Waals surface area (Å²) in [4.78, 5) is 10.4. The Bertz CT molecular complexity index is 3860. The minimum atomic E-state index is -0.532. The molecule has 71 heavy (non-hydrogen) atoms. The molecule has 13 rings (SSSR count). The van der Waals surface area contributed by atoms with Crippen molar-refractivity contribution in [2.24, 2.45) is 0 Å². The van der Waals surface area contributed by atoms with Crippen LogP contribution in [0.15, 0.2) is 279 Å². The van der Waals surface area contributed by atoms with Crippen molar-refractivity contribution in [3.63, 3.8) is 0 Å². The molecule has 0 amide bonds. The maximum atomic E-state index is 5.23. The zero-order valence-electron chi connectivity index (χ0n) is 39.0. The summed E-state index contributed by atoms with van der Waals surface area (Å²) < 4.78 is 0. The molecule has 0 saturated heterocycles. The van der Waals surface area contributed by atoms with Crippen molar-refractivity contribution in [3.05, 3.63) is 301 Å². The second kappa shape index (κ2) is 17.7. The van der Waals surface area contributed by atoms with E-state index in [0.29, 0.717) is 5.82 Å². The van der Waals surface area contributed by atoms with E-state index in [4.69, 9.17) is 9.97 Å². The van der Waals surface area contributed by atoms with Gasteiger partial charge in [0.2, 0.25) is 0 Å². The first-order valence-electron chi connectivity index (χ1n) is 24.4. The number of benzene rings is 11. The van der Waals surface area contributed by atoms with Crippen LogP contribution in [0.3, 0.4) is 0 Å². The summed E-state index contributed by atoms with van der Waals surface area (Å²) in [6, 6.07) is 101. The summed E-state index contributed by atoms with van der Waals surface area (Å²) >= 11 is 0. The Morgan fingerprint density at radius 2 is 0.690 bits per heavy atom. The summed E-state index contributed by atoms with van der Waals surface area (Å²) in [5.74, 6) is 0.694. The lowest BCUT2D eigenvalue weighted by molar-refractivity contribution is 0.769. The summed E-state index contributed by atoms with van der Waals surface area (Å²) in [5.41, 5.74) is 21.2. The Balaban J connectivity index is 0.971. The molecule has 1 heterocycles. The fraction of sp³-hybridized carbons (Fsp3) is 0.0145. The van der Waals surface area contributed by atoms with Gasteiger partial charge in [-0.15, -0.1) is 0 Å². The lowest BCUT2D eigenvalue weighted by Crippen LogP contribution is -2.28. The normalized spacial score (nSPS) is 12.3. The van der Waals surface area contributed by atoms with Gasteiger partial charge in [0.25, 0.3) is 0 Å². The highest BCUT2D eigenvalue weighted by molar-refractivity contribution is 5.98. The second-order valence-corrected chi connectivity index (χ2v) is 18.5. The van der Waals surface area contributed by atoms with Crippen LogP contribution in [0.4, 0.5) is 0 Å². The van der Waals surface area contributed by atoms with Crippen LogP contribution < -0.4 is 0 Å². The third-order valence-corrected chi connectivity index (χ3v) is 14.4. The predicted octanol–water partition coefficient (Wildman–Crippen LogP) is 17.7. The third kappa shape index (κ3) is 7.45. The standard InChI is InChI=1S/C69H46N2/c1-5-19-47(20-6-1)49-35-38-50(39-36-49)66-46-67(71-68(70-66)51-22-7-2-8-23-51)57-28-18-26-54(43-57)53-25-17-27-55(42-53)62-45-65-63(44-61(62)56-40-37-48-21-13-14-24-52(48)41-56)60-33-15-16-34-64(60)69(65,58-29-9-3-10-30-58)59-31-11-4-12-32-59/h1-46H. The molecule has 0 atom stereocenters. The van der Waals surface area contributed by atoms with Crippen LogP contribution in [0, 0.1) is 0 Å². The van der Waals surface area contributed by atoms with E-state index in [1.807, 2.05) is 18.2 Å². The smallest absolute Gasteiger partial charge is 0.160 e. The lowest BCUT2D eigenvalue weighted by Gasteiger charge is -2.34. The van der Waals surface area contributed by atoms with Crippen LogP contribution in [0.2, 0.25) is 0 Å². The van der Waals surface area contributed by atoms with Gasteiger partial charge in [0.15, 0.2) is 5.82 Å². The Hall–Kier alpha value is -9.24. The molecule has 0 fully saturated rings. The summed E-state index contributed by atoms with van der Waals surface area (Å²) in [6.07, 6.45) is 0. The predicted molar refractivity (Wildman–Crippen MR) is 295 cm³/mol. The van der Waals surface area contributed by atoms with Crippen molar-refractivity contribution in [3.8, 4) is 89.5 Å². The largest absolute Gasteiger partial charge is 0.228 e. The van der Waals surface area contributed by atoms with E-state index in [9.17, 15) is 0 Å². The Morgan fingerprint density at radius 3 is 1.38 bits per heavy atom. The molecule has 0 saturated carbocycles. The molecule has 0 radical (unpaired) electrons. The van der Waals surface area contributed by atoms with Gasteiger partial charge in [-0.2, -0.15) is 0 Å². The zero-order chi connectivity index (χ0) is 47.1. The minimum Gasteiger partial charge on any atom is -0.228 e. The van der Waals surface area contributed by atoms with Crippen molar-refractivity contribution < 1.29 is 0 Å². The van der Waals surface area contributed by atoms with Crippen LogP contribution >= 0.6 is 0 Å². The Kier molecular flexibility index (Phi) is 10.4. The minimum absolute atomic E-state index is 0.532. The van der Waals surface area contributed by atoms with Gasteiger partial charge in [-0.1, -0.05) is 243 Å². The summed E-state index contributed by atoms with van der Waals surface area (Å²) in [5, 5.41) is 2.45. The van der Waals surface area contributed by atoms with Crippen LogP contribution in [-0.2, 0) is 5.41 Å². The molecule has 0 bridgehead atoms. The highest BCUT2D eigenvalue weighted by Crippen LogP contribution is 2.58. The molecule has 2 nitrogen and oxygen atoms in total.